The van der Waals surface area contributed by atoms with Gasteiger partial charge in [-0.2, -0.15) is 4.57 Å². The lowest BCUT2D eigenvalue weighted by Gasteiger charge is -1.99. The van der Waals surface area contributed by atoms with Crippen LogP contribution in [0.15, 0.2) is 18.7 Å². The highest BCUT2D eigenvalue weighted by atomic mass is 32.2. The van der Waals surface area contributed by atoms with Crippen LogP contribution in [0.25, 0.3) is 0 Å². The maximum absolute atomic E-state index is 11.4. The monoisotopic (exact) mass is 229 g/mol. The Bertz CT molecular complexity index is 362. The highest BCUT2D eigenvalue weighted by molar-refractivity contribution is 7.99. The molecule has 82 valence electrons. The quantitative estimate of drug-likeness (QED) is 0.244. The van der Waals surface area contributed by atoms with E-state index in [2.05, 4.69) is 0 Å². The summed E-state index contributed by atoms with van der Waals surface area (Å²) in [6.07, 6.45) is 4.69. The number of esters is 1. The Kier molecular flexibility index (Phi) is 4.36. The van der Waals surface area contributed by atoms with Gasteiger partial charge in [-0.1, -0.05) is 6.92 Å². The minimum Gasteiger partial charge on any atom is -0.446 e. The summed E-state index contributed by atoms with van der Waals surface area (Å²) in [5.41, 5.74) is 0. The van der Waals surface area contributed by atoms with Gasteiger partial charge in [0.05, 0.1) is 7.05 Å². The van der Waals surface area contributed by atoms with Crippen molar-refractivity contribution in [1.29, 1.82) is 0 Å². The first-order chi connectivity index (χ1) is 7.15. The van der Waals surface area contributed by atoms with Crippen molar-refractivity contribution in [1.82, 2.24) is 4.57 Å². The van der Waals surface area contributed by atoms with E-state index in [0.29, 0.717) is 0 Å². The first-order valence-electron chi connectivity index (χ1n) is 4.47. The first kappa shape index (κ1) is 11.8. The average Bonchev–Trinajstić information content (AvgIpc) is 2.64. The molecule has 0 aliphatic heterocycles. The van der Waals surface area contributed by atoms with Crippen LogP contribution >= 0.6 is 11.8 Å². The number of carbonyl (C=O) groups is 2. The Balaban J connectivity index is 2.50. The SMILES string of the molecule is CCSCOC(=O)C(=O)n1cc[n+](C)c1. The van der Waals surface area contributed by atoms with Crippen molar-refractivity contribution in [3.8, 4) is 0 Å². The lowest BCUT2D eigenvalue weighted by Crippen LogP contribution is -2.28. The van der Waals surface area contributed by atoms with Gasteiger partial charge in [0.2, 0.25) is 0 Å². The molecular weight excluding hydrogens is 216 g/mol. The van der Waals surface area contributed by atoms with Crippen molar-refractivity contribution in [3.05, 3.63) is 18.7 Å². The first-order valence-corrected chi connectivity index (χ1v) is 5.63. The molecule has 0 spiro atoms. The van der Waals surface area contributed by atoms with E-state index in [-0.39, 0.29) is 5.94 Å². The van der Waals surface area contributed by atoms with E-state index in [1.807, 2.05) is 6.92 Å². The topological polar surface area (TPSA) is 52.2 Å². The summed E-state index contributed by atoms with van der Waals surface area (Å²) in [7, 11) is 1.77. The Labute approximate surface area is 92.0 Å². The fraction of sp³-hybridized carbons (Fsp3) is 0.444. The highest BCUT2D eigenvalue weighted by Crippen LogP contribution is 1.99. The van der Waals surface area contributed by atoms with E-state index in [1.165, 1.54) is 28.9 Å². The number of thioether (sulfide) groups is 1. The Morgan fingerprint density at radius 3 is 2.80 bits per heavy atom. The maximum Gasteiger partial charge on any atom is 0.423 e. The second-order valence-electron chi connectivity index (χ2n) is 2.83. The summed E-state index contributed by atoms with van der Waals surface area (Å²) in [4.78, 5) is 22.6. The Morgan fingerprint density at radius 2 is 2.27 bits per heavy atom. The molecule has 15 heavy (non-hydrogen) atoms. The molecule has 0 aliphatic carbocycles. The summed E-state index contributed by atoms with van der Waals surface area (Å²) in [6, 6.07) is 0. The molecule has 0 N–H and O–H groups in total. The van der Waals surface area contributed by atoms with Crippen molar-refractivity contribution in [2.75, 3.05) is 11.7 Å². The predicted octanol–water partition coefficient (Wildman–Crippen LogP) is 0.207. The van der Waals surface area contributed by atoms with E-state index < -0.39 is 11.9 Å². The van der Waals surface area contributed by atoms with Crippen molar-refractivity contribution >= 4 is 23.6 Å². The van der Waals surface area contributed by atoms with Crippen LogP contribution in [0.1, 0.15) is 11.7 Å². The molecule has 0 unspecified atom stereocenters. The third-order valence-corrected chi connectivity index (χ3v) is 2.35. The lowest BCUT2D eigenvalue weighted by molar-refractivity contribution is -0.670. The van der Waals surface area contributed by atoms with E-state index in [0.717, 1.165) is 5.75 Å². The van der Waals surface area contributed by atoms with Crippen LogP contribution in [0.5, 0.6) is 0 Å². The van der Waals surface area contributed by atoms with Gasteiger partial charge >= 0.3 is 11.9 Å². The number of hydrogen-bond donors (Lipinski definition) is 0. The summed E-state index contributed by atoms with van der Waals surface area (Å²) in [5.74, 6) is -0.437. The highest BCUT2D eigenvalue weighted by Gasteiger charge is 2.23. The van der Waals surface area contributed by atoms with E-state index in [9.17, 15) is 9.59 Å². The van der Waals surface area contributed by atoms with Crippen LogP contribution < -0.4 is 4.57 Å². The van der Waals surface area contributed by atoms with Gasteiger partial charge in [0.15, 0.2) is 0 Å². The number of rotatable bonds is 3. The molecule has 1 heterocycles. The molecule has 1 rings (SSSR count). The van der Waals surface area contributed by atoms with Gasteiger partial charge in [0, 0.05) is 0 Å². The standard InChI is InChI=1S/C9H13N2O3S/c1-3-15-7-14-9(13)8(12)11-5-4-10(2)6-11/h4-6H,3,7H2,1-2H3/q+1. The molecule has 6 heteroatoms. The third-order valence-electron chi connectivity index (χ3n) is 1.66. The van der Waals surface area contributed by atoms with Crippen LogP contribution in [0.4, 0.5) is 0 Å². The van der Waals surface area contributed by atoms with Crippen LogP contribution in [-0.2, 0) is 16.6 Å². The minimum absolute atomic E-state index is 0.217. The van der Waals surface area contributed by atoms with Crippen LogP contribution in [0, 0.1) is 0 Å². The molecule has 0 fully saturated rings. The van der Waals surface area contributed by atoms with Gasteiger partial charge in [-0.3, -0.25) is 0 Å². The van der Waals surface area contributed by atoms with E-state index in [1.54, 1.807) is 17.8 Å². The molecule has 0 bridgehead atoms. The molecular formula is C9H13N2O3S+. The van der Waals surface area contributed by atoms with Crippen LogP contribution in [-0.4, -0.2) is 28.1 Å². The molecule has 0 saturated carbocycles. The number of ether oxygens (including phenoxy) is 1. The van der Waals surface area contributed by atoms with E-state index >= 15 is 0 Å². The van der Waals surface area contributed by atoms with Gasteiger partial charge in [0.25, 0.3) is 6.33 Å². The maximum atomic E-state index is 11.4. The zero-order valence-corrected chi connectivity index (χ0v) is 9.49. The second-order valence-corrected chi connectivity index (χ2v) is 4.06. The van der Waals surface area contributed by atoms with Crippen LogP contribution in [0.2, 0.25) is 0 Å². The van der Waals surface area contributed by atoms with Gasteiger partial charge in [0.1, 0.15) is 18.3 Å². The molecule has 0 aromatic carbocycles. The molecule has 0 saturated heterocycles. The average molecular weight is 229 g/mol. The Hall–Kier alpha value is -1.30. The van der Waals surface area contributed by atoms with Gasteiger partial charge in [-0.15, -0.1) is 11.8 Å². The van der Waals surface area contributed by atoms with Crippen LogP contribution in [0.3, 0.4) is 0 Å². The number of imidazole rings is 1. The summed E-state index contributed by atoms with van der Waals surface area (Å²) in [5, 5.41) is 0. The van der Waals surface area contributed by atoms with Crippen molar-refractivity contribution in [2.45, 2.75) is 6.92 Å². The van der Waals surface area contributed by atoms with Gasteiger partial charge < -0.3 is 4.74 Å². The number of aromatic nitrogens is 2. The van der Waals surface area contributed by atoms with Crippen molar-refractivity contribution < 1.29 is 18.9 Å². The lowest BCUT2D eigenvalue weighted by atomic mass is 10.6. The molecule has 0 radical (unpaired) electrons. The number of hydrogen-bond acceptors (Lipinski definition) is 4. The molecule has 0 aliphatic rings. The van der Waals surface area contributed by atoms with E-state index in [4.69, 9.17) is 4.74 Å². The summed E-state index contributed by atoms with van der Waals surface area (Å²) in [6.45, 7) is 1.95. The Morgan fingerprint density at radius 1 is 1.53 bits per heavy atom. The predicted molar refractivity (Wildman–Crippen MR) is 55.3 cm³/mol. The minimum atomic E-state index is -0.827. The van der Waals surface area contributed by atoms with Gasteiger partial charge in [-0.05, 0) is 5.75 Å². The molecule has 1 aromatic heterocycles. The van der Waals surface area contributed by atoms with Crippen molar-refractivity contribution in [3.63, 3.8) is 0 Å². The molecule has 0 atom stereocenters. The fourth-order valence-corrected chi connectivity index (χ4v) is 1.27. The summed E-state index contributed by atoms with van der Waals surface area (Å²) >= 11 is 1.44. The number of aryl methyl sites for hydroxylation is 1. The van der Waals surface area contributed by atoms with Crippen molar-refractivity contribution in [2.24, 2.45) is 7.05 Å². The largest absolute Gasteiger partial charge is 0.446 e. The smallest absolute Gasteiger partial charge is 0.423 e. The molecule has 0 amide bonds. The third kappa shape index (κ3) is 3.39. The fourth-order valence-electron chi connectivity index (χ4n) is 0.916. The molecule has 5 nitrogen and oxygen atoms in total. The number of carbonyl (C=O) groups excluding carboxylic acids is 2. The molecule has 1 aromatic rings. The normalized spacial score (nSPS) is 10.0. The van der Waals surface area contributed by atoms with Gasteiger partial charge in [-0.25, -0.2) is 14.2 Å². The second kappa shape index (κ2) is 5.55. The summed E-state index contributed by atoms with van der Waals surface area (Å²) < 4.78 is 7.62. The number of nitrogens with zero attached hydrogens (tertiary/aromatic N) is 2. The zero-order valence-electron chi connectivity index (χ0n) is 8.67. The zero-order chi connectivity index (χ0) is 11.3.